The summed E-state index contributed by atoms with van der Waals surface area (Å²) in [7, 11) is 0. The molecule has 0 bridgehead atoms. The zero-order valence-electron chi connectivity index (χ0n) is 12.9. The summed E-state index contributed by atoms with van der Waals surface area (Å²) >= 11 is 0.205. The molecule has 0 amide bonds. The third-order valence-corrected chi connectivity index (χ3v) is 5.37. The quantitative estimate of drug-likeness (QED) is 0.433. The van der Waals surface area contributed by atoms with Crippen LogP contribution in [0.25, 0.3) is 10.2 Å². The van der Waals surface area contributed by atoms with Crippen molar-refractivity contribution < 1.29 is 14.5 Å². The largest absolute Gasteiger partial charge is 0.610 e. The van der Waals surface area contributed by atoms with Gasteiger partial charge in [-0.25, -0.2) is 9.78 Å². The van der Waals surface area contributed by atoms with E-state index in [0.717, 1.165) is 10.3 Å². The lowest BCUT2D eigenvalue weighted by Gasteiger charge is -2.02. The number of nitrogens with zero attached hydrogens (tertiary/aromatic N) is 2. The van der Waals surface area contributed by atoms with Crippen molar-refractivity contribution in [2.24, 2.45) is 0 Å². The molecule has 120 valence electrons. The molecule has 0 aliphatic carbocycles. The molecule has 7 heteroatoms. The summed E-state index contributed by atoms with van der Waals surface area (Å²) in [6.07, 6.45) is 2.96. The smallest absolute Gasteiger partial charge is 0.335 e. The van der Waals surface area contributed by atoms with Gasteiger partial charge in [0.1, 0.15) is 22.8 Å². The molecule has 0 spiro atoms. The Morgan fingerprint density at radius 1 is 1.29 bits per heavy atom. The second kappa shape index (κ2) is 6.61. The van der Waals surface area contributed by atoms with Crippen molar-refractivity contribution in [1.82, 2.24) is 9.97 Å². The maximum atomic E-state index is 11.7. The normalized spacial score (nSPS) is 11.8. The molecule has 1 N–H and O–H groups in total. The number of aromatic nitrogens is 2. The van der Waals surface area contributed by atoms with E-state index in [1.54, 1.807) is 24.5 Å². The summed E-state index contributed by atoms with van der Waals surface area (Å²) in [6, 6.07) is 4.85. The van der Waals surface area contributed by atoms with Crippen LogP contribution in [0, 0.1) is 18.8 Å². The van der Waals surface area contributed by atoms with E-state index < -0.39 is 17.1 Å². The zero-order valence-corrected chi connectivity index (χ0v) is 14.5. The number of benzene rings is 1. The molecule has 5 nitrogen and oxygen atoms in total. The van der Waals surface area contributed by atoms with Crippen LogP contribution in [0.15, 0.2) is 34.9 Å². The summed E-state index contributed by atoms with van der Waals surface area (Å²) in [5, 5.41) is 11.4. The molecular formula is C17H12N2O3S2. The van der Waals surface area contributed by atoms with Crippen LogP contribution in [0.3, 0.4) is 0 Å². The highest BCUT2D eigenvalue weighted by molar-refractivity contribution is 7.91. The van der Waals surface area contributed by atoms with Gasteiger partial charge in [0.25, 0.3) is 5.03 Å². The Bertz CT molecular complexity index is 1000. The number of hydrogen-bond acceptors (Lipinski definition) is 5. The van der Waals surface area contributed by atoms with Crippen molar-refractivity contribution in [3.63, 3.8) is 0 Å². The lowest BCUT2D eigenvalue weighted by Crippen LogP contribution is -2.01. The second-order valence-electron chi connectivity index (χ2n) is 5.04. The lowest BCUT2D eigenvalue weighted by molar-refractivity contribution is 0.0697. The number of aryl methyl sites for hydroxylation is 1. The molecule has 0 saturated heterocycles. The van der Waals surface area contributed by atoms with Crippen LogP contribution < -0.4 is 0 Å². The number of thiophene rings is 1. The van der Waals surface area contributed by atoms with Crippen LogP contribution in [0.1, 0.15) is 27.0 Å². The van der Waals surface area contributed by atoms with Gasteiger partial charge in [0.05, 0.1) is 11.1 Å². The molecule has 1 unspecified atom stereocenters. The van der Waals surface area contributed by atoms with Crippen LogP contribution >= 0.6 is 11.3 Å². The van der Waals surface area contributed by atoms with E-state index in [1.807, 2.05) is 12.3 Å². The molecule has 0 fully saturated rings. The Morgan fingerprint density at radius 3 is 2.75 bits per heavy atom. The monoisotopic (exact) mass is 356 g/mol. The van der Waals surface area contributed by atoms with E-state index in [9.17, 15) is 9.35 Å². The third kappa shape index (κ3) is 3.12. The van der Waals surface area contributed by atoms with E-state index in [0.29, 0.717) is 21.7 Å². The van der Waals surface area contributed by atoms with Gasteiger partial charge in [0.2, 0.25) is 0 Å². The number of carbonyl (C=O) groups is 1. The van der Waals surface area contributed by atoms with Gasteiger partial charge < -0.3 is 9.66 Å². The Hall–Kier alpha value is -2.40. The summed E-state index contributed by atoms with van der Waals surface area (Å²) in [5.74, 6) is 5.06. The maximum absolute atomic E-state index is 11.7. The third-order valence-electron chi connectivity index (χ3n) is 3.41. The topological polar surface area (TPSA) is 86.1 Å². The zero-order chi connectivity index (χ0) is 17.3. The van der Waals surface area contributed by atoms with Crippen molar-refractivity contribution in [1.29, 1.82) is 0 Å². The van der Waals surface area contributed by atoms with E-state index in [1.165, 1.54) is 17.7 Å². The second-order valence-corrected chi connectivity index (χ2v) is 7.22. The van der Waals surface area contributed by atoms with Gasteiger partial charge in [-0.1, -0.05) is 17.9 Å². The minimum Gasteiger partial charge on any atom is -0.610 e. The number of aromatic carboxylic acids is 1. The highest BCUT2D eigenvalue weighted by Crippen LogP contribution is 2.28. The van der Waals surface area contributed by atoms with Gasteiger partial charge in [0, 0.05) is 22.1 Å². The van der Waals surface area contributed by atoms with Gasteiger partial charge in [-0.2, -0.15) is 4.98 Å². The molecule has 2 aromatic heterocycles. The van der Waals surface area contributed by atoms with Crippen LogP contribution in [0.2, 0.25) is 0 Å². The van der Waals surface area contributed by atoms with Crippen molar-refractivity contribution in [3.8, 4) is 11.8 Å². The van der Waals surface area contributed by atoms with E-state index in [2.05, 4.69) is 21.8 Å². The summed E-state index contributed by atoms with van der Waals surface area (Å²) in [5.41, 5.74) is 3.13. The summed E-state index contributed by atoms with van der Waals surface area (Å²) < 4.78 is 12.5. The number of carboxylic acids is 1. The van der Waals surface area contributed by atoms with Gasteiger partial charge >= 0.3 is 5.97 Å². The molecule has 0 aliphatic heterocycles. The van der Waals surface area contributed by atoms with Crippen molar-refractivity contribution >= 4 is 38.7 Å². The molecule has 24 heavy (non-hydrogen) atoms. The number of carboxylic acid groups (broad SMARTS) is 1. The highest BCUT2D eigenvalue weighted by Gasteiger charge is 2.16. The van der Waals surface area contributed by atoms with Gasteiger partial charge in [-0.3, -0.25) is 0 Å². The summed E-state index contributed by atoms with van der Waals surface area (Å²) in [6.45, 7) is 1.88. The van der Waals surface area contributed by atoms with Crippen LogP contribution in [0.4, 0.5) is 0 Å². The molecule has 1 aromatic carbocycles. The van der Waals surface area contributed by atoms with Gasteiger partial charge in [-0.05, 0) is 24.6 Å². The first-order chi connectivity index (χ1) is 11.5. The van der Waals surface area contributed by atoms with Crippen LogP contribution in [-0.4, -0.2) is 31.9 Å². The molecule has 0 radical (unpaired) electrons. The predicted octanol–water partition coefficient (Wildman–Crippen LogP) is 2.84. The fraction of sp³-hybridized carbons (Fsp3) is 0.118. The van der Waals surface area contributed by atoms with E-state index in [4.69, 9.17) is 5.11 Å². The Balaban J connectivity index is 2.06. The highest BCUT2D eigenvalue weighted by atomic mass is 32.2. The molecule has 0 saturated carbocycles. The fourth-order valence-electron chi connectivity index (χ4n) is 2.15. The standard InChI is InChI=1S/C17H12N2O3S2/c1-10-3-4-12(17(20)21)7-11(10)5-6-13-8-23-15-14(13)18-9-19-16(15)24(2)22/h3-4,7-9H,1-2H3,(H,20,21). The lowest BCUT2D eigenvalue weighted by atomic mass is 10.1. The summed E-state index contributed by atoms with van der Waals surface area (Å²) in [4.78, 5) is 19.4. The minimum atomic E-state index is -1.20. The average Bonchev–Trinajstić information content (AvgIpc) is 2.96. The van der Waals surface area contributed by atoms with Crippen molar-refractivity contribution in [2.75, 3.05) is 6.26 Å². The fourth-order valence-corrected chi connectivity index (χ4v) is 4.03. The SMILES string of the molecule is Cc1ccc(C(=O)O)cc1C#Cc1csc2c([S+](C)[O-])ncnc12. The van der Waals surface area contributed by atoms with Crippen molar-refractivity contribution in [2.45, 2.75) is 11.9 Å². The van der Waals surface area contributed by atoms with Crippen molar-refractivity contribution in [3.05, 3.63) is 52.2 Å². The Morgan fingerprint density at radius 2 is 2.04 bits per heavy atom. The first-order valence-corrected chi connectivity index (χ1v) is 9.32. The first kappa shape index (κ1) is 16.5. The number of rotatable bonds is 2. The molecule has 3 aromatic rings. The maximum Gasteiger partial charge on any atom is 0.335 e. The average molecular weight is 356 g/mol. The number of hydrogen-bond donors (Lipinski definition) is 1. The Labute approximate surface area is 145 Å². The number of fused-ring (bicyclic) bond motifs is 1. The van der Waals surface area contributed by atoms with E-state index >= 15 is 0 Å². The van der Waals surface area contributed by atoms with Crippen LogP contribution in [0.5, 0.6) is 0 Å². The van der Waals surface area contributed by atoms with Crippen LogP contribution in [-0.2, 0) is 11.2 Å². The van der Waals surface area contributed by atoms with Gasteiger partial charge in [-0.15, -0.1) is 11.3 Å². The molecule has 1 atom stereocenters. The Kier molecular flexibility index (Phi) is 4.53. The molecular weight excluding hydrogens is 344 g/mol. The van der Waals surface area contributed by atoms with Gasteiger partial charge in [0.15, 0.2) is 0 Å². The van der Waals surface area contributed by atoms with E-state index in [-0.39, 0.29) is 5.56 Å². The predicted molar refractivity (Wildman–Crippen MR) is 93.9 cm³/mol. The first-order valence-electron chi connectivity index (χ1n) is 6.89. The minimum absolute atomic E-state index is 0.200. The molecule has 0 aliphatic rings. The molecule has 2 heterocycles. The molecule has 3 rings (SSSR count).